The van der Waals surface area contributed by atoms with Crippen LogP contribution in [0.4, 0.5) is 0 Å². The maximum Gasteiger partial charge on any atom is 0.261 e. The smallest absolute Gasteiger partial charge is 0.207 e. The molecule has 0 aliphatic carbocycles. The monoisotopic (exact) mass is 282 g/mol. The van der Waals surface area contributed by atoms with Gasteiger partial charge in [0.05, 0.1) is 4.90 Å². The van der Waals surface area contributed by atoms with Crippen molar-refractivity contribution in [1.82, 2.24) is 0 Å². The highest BCUT2D eigenvalue weighted by molar-refractivity contribution is 9.10. The molecule has 0 heterocycles. The molecule has 2 nitrogen and oxygen atoms in total. The predicted octanol–water partition coefficient (Wildman–Crippen LogP) is 2.99. The quantitative estimate of drug-likeness (QED) is 0.743. The first-order valence-corrected chi connectivity index (χ1v) is 6.64. The van der Waals surface area contributed by atoms with Gasteiger partial charge in [-0.3, -0.25) is 0 Å². The number of rotatable bonds is 1. The van der Waals surface area contributed by atoms with Crippen LogP contribution in [0, 0.1) is 13.8 Å². The third kappa shape index (κ3) is 2.24. The zero-order valence-electron chi connectivity index (χ0n) is 7.14. The molecule has 1 rings (SSSR count). The Morgan fingerprint density at radius 2 is 1.77 bits per heavy atom. The van der Waals surface area contributed by atoms with Crippen LogP contribution in [0.5, 0.6) is 0 Å². The SMILES string of the molecule is Cc1c(Br)ccc(S(=O)(=O)Cl)c1C. The van der Waals surface area contributed by atoms with Gasteiger partial charge < -0.3 is 0 Å². The molecule has 0 saturated heterocycles. The maximum absolute atomic E-state index is 11.1. The Bertz CT molecular complexity index is 440. The first-order chi connectivity index (χ1) is 5.84. The molecule has 0 amide bonds. The molecule has 0 spiro atoms. The van der Waals surface area contributed by atoms with Crippen molar-refractivity contribution in [2.24, 2.45) is 0 Å². The van der Waals surface area contributed by atoms with Crippen LogP contribution in [0.15, 0.2) is 21.5 Å². The molecule has 0 aliphatic heterocycles. The van der Waals surface area contributed by atoms with Crippen LogP contribution in [-0.2, 0) is 9.05 Å². The normalized spacial score (nSPS) is 11.7. The molecule has 0 aliphatic rings. The molecular formula is C8H8BrClO2S. The second kappa shape index (κ2) is 3.59. The van der Waals surface area contributed by atoms with E-state index in [9.17, 15) is 8.42 Å². The zero-order chi connectivity index (χ0) is 10.2. The van der Waals surface area contributed by atoms with Gasteiger partial charge in [-0.25, -0.2) is 8.42 Å². The first-order valence-electron chi connectivity index (χ1n) is 3.54. The minimum absolute atomic E-state index is 0.176. The van der Waals surface area contributed by atoms with Gasteiger partial charge in [0.1, 0.15) is 0 Å². The van der Waals surface area contributed by atoms with E-state index in [4.69, 9.17) is 10.7 Å². The van der Waals surface area contributed by atoms with Crippen molar-refractivity contribution in [2.75, 3.05) is 0 Å². The van der Waals surface area contributed by atoms with E-state index in [1.807, 2.05) is 6.92 Å². The van der Waals surface area contributed by atoms with Gasteiger partial charge in [0.2, 0.25) is 0 Å². The van der Waals surface area contributed by atoms with Crippen LogP contribution in [0.3, 0.4) is 0 Å². The molecule has 72 valence electrons. The Morgan fingerprint density at radius 3 is 2.23 bits per heavy atom. The fourth-order valence-corrected chi connectivity index (χ4v) is 2.71. The highest BCUT2D eigenvalue weighted by Crippen LogP contribution is 2.27. The van der Waals surface area contributed by atoms with Crippen LogP contribution in [0.25, 0.3) is 0 Å². The third-order valence-corrected chi connectivity index (χ3v) is 4.26. The van der Waals surface area contributed by atoms with Crippen molar-refractivity contribution in [3.8, 4) is 0 Å². The molecule has 0 fully saturated rings. The van der Waals surface area contributed by atoms with E-state index in [1.165, 1.54) is 6.07 Å². The van der Waals surface area contributed by atoms with Crippen molar-refractivity contribution in [2.45, 2.75) is 18.7 Å². The summed E-state index contributed by atoms with van der Waals surface area (Å²) in [7, 11) is 1.62. The van der Waals surface area contributed by atoms with Crippen molar-refractivity contribution < 1.29 is 8.42 Å². The van der Waals surface area contributed by atoms with Gasteiger partial charge >= 0.3 is 0 Å². The number of benzene rings is 1. The first kappa shape index (κ1) is 11.0. The Morgan fingerprint density at radius 1 is 1.23 bits per heavy atom. The summed E-state index contributed by atoms with van der Waals surface area (Å²) in [5.74, 6) is 0. The molecule has 1 aromatic rings. The zero-order valence-corrected chi connectivity index (χ0v) is 10.3. The number of hydrogen-bond donors (Lipinski definition) is 0. The summed E-state index contributed by atoms with van der Waals surface area (Å²) in [6.45, 7) is 3.57. The van der Waals surface area contributed by atoms with E-state index in [1.54, 1.807) is 13.0 Å². The van der Waals surface area contributed by atoms with Crippen LogP contribution >= 0.6 is 26.6 Å². The molecule has 0 saturated carbocycles. The third-order valence-electron chi connectivity index (χ3n) is 1.93. The van der Waals surface area contributed by atoms with Gasteiger partial charge in [0, 0.05) is 15.2 Å². The standard InChI is InChI=1S/C8H8BrClO2S/c1-5-6(2)8(13(10,11)12)4-3-7(5)9/h3-4H,1-2H3. The summed E-state index contributed by atoms with van der Waals surface area (Å²) >= 11 is 3.31. The lowest BCUT2D eigenvalue weighted by atomic mass is 10.1. The van der Waals surface area contributed by atoms with E-state index in [0.29, 0.717) is 5.56 Å². The van der Waals surface area contributed by atoms with Crippen molar-refractivity contribution in [3.05, 3.63) is 27.7 Å². The Labute approximate surface area is 90.5 Å². The lowest BCUT2D eigenvalue weighted by Crippen LogP contribution is -1.96. The molecule has 0 atom stereocenters. The van der Waals surface area contributed by atoms with Gasteiger partial charge in [0.25, 0.3) is 9.05 Å². The Hall–Kier alpha value is -0.0600. The summed E-state index contributed by atoms with van der Waals surface area (Å²) in [5.41, 5.74) is 1.58. The highest BCUT2D eigenvalue weighted by Gasteiger charge is 2.15. The lowest BCUT2D eigenvalue weighted by Gasteiger charge is -2.06. The lowest BCUT2D eigenvalue weighted by molar-refractivity contribution is 0.609. The van der Waals surface area contributed by atoms with Crippen molar-refractivity contribution in [1.29, 1.82) is 0 Å². The van der Waals surface area contributed by atoms with Gasteiger partial charge in [-0.2, -0.15) is 0 Å². The predicted molar refractivity (Wildman–Crippen MR) is 56.7 cm³/mol. The molecule has 5 heteroatoms. The van der Waals surface area contributed by atoms with Crippen molar-refractivity contribution in [3.63, 3.8) is 0 Å². The van der Waals surface area contributed by atoms with Gasteiger partial charge in [0.15, 0.2) is 0 Å². The molecule has 1 aromatic carbocycles. The second-order valence-electron chi connectivity index (χ2n) is 2.73. The fourth-order valence-electron chi connectivity index (χ4n) is 1.03. The second-order valence-corrected chi connectivity index (χ2v) is 6.12. The van der Waals surface area contributed by atoms with E-state index in [0.717, 1.165) is 10.0 Å². The highest BCUT2D eigenvalue weighted by atomic mass is 79.9. The van der Waals surface area contributed by atoms with Crippen LogP contribution < -0.4 is 0 Å². The summed E-state index contributed by atoms with van der Waals surface area (Å²) in [5, 5.41) is 0. The van der Waals surface area contributed by atoms with E-state index >= 15 is 0 Å². The number of halogens is 2. The van der Waals surface area contributed by atoms with Crippen LogP contribution in [0.2, 0.25) is 0 Å². The van der Waals surface area contributed by atoms with Gasteiger partial charge in [-0.05, 0) is 37.1 Å². The molecule has 0 aromatic heterocycles. The molecule has 0 unspecified atom stereocenters. The topological polar surface area (TPSA) is 34.1 Å². The maximum atomic E-state index is 11.1. The van der Waals surface area contributed by atoms with E-state index in [2.05, 4.69) is 15.9 Å². The summed E-state index contributed by atoms with van der Waals surface area (Å²) in [4.78, 5) is 0.176. The molecule has 13 heavy (non-hydrogen) atoms. The summed E-state index contributed by atoms with van der Waals surface area (Å²) in [6, 6.07) is 3.17. The molecular weight excluding hydrogens is 276 g/mol. The average molecular weight is 284 g/mol. The molecule has 0 bridgehead atoms. The Kier molecular flexibility index (Phi) is 3.05. The van der Waals surface area contributed by atoms with Gasteiger partial charge in [-0.15, -0.1) is 0 Å². The van der Waals surface area contributed by atoms with E-state index < -0.39 is 9.05 Å². The molecule has 0 N–H and O–H groups in total. The minimum atomic E-state index is -3.62. The van der Waals surface area contributed by atoms with E-state index in [-0.39, 0.29) is 4.90 Å². The van der Waals surface area contributed by atoms with Crippen LogP contribution in [-0.4, -0.2) is 8.42 Å². The summed E-state index contributed by atoms with van der Waals surface area (Å²) < 4.78 is 23.0. The summed E-state index contributed by atoms with van der Waals surface area (Å²) in [6.07, 6.45) is 0. The number of hydrogen-bond acceptors (Lipinski definition) is 2. The fraction of sp³-hybridized carbons (Fsp3) is 0.250. The average Bonchev–Trinajstić information content (AvgIpc) is 1.98. The minimum Gasteiger partial charge on any atom is -0.207 e. The van der Waals surface area contributed by atoms with Gasteiger partial charge in [-0.1, -0.05) is 15.9 Å². The largest absolute Gasteiger partial charge is 0.261 e. The molecule has 0 radical (unpaired) electrons. The Balaban J connectivity index is 3.53. The van der Waals surface area contributed by atoms with Crippen molar-refractivity contribution >= 4 is 35.7 Å². The van der Waals surface area contributed by atoms with Crippen LogP contribution in [0.1, 0.15) is 11.1 Å².